The van der Waals surface area contributed by atoms with E-state index in [2.05, 4.69) is 4.98 Å². The predicted octanol–water partition coefficient (Wildman–Crippen LogP) is 4.12. The smallest absolute Gasteiger partial charge is 0.348 e. The lowest BCUT2D eigenvalue weighted by molar-refractivity contribution is -0.139. The fourth-order valence-corrected chi connectivity index (χ4v) is 4.95. The molecule has 1 aromatic heterocycles. The van der Waals surface area contributed by atoms with Crippen LogP contribution in [-0.2, 0) is 11.2 Å². The Balaban J connectivity index is 1.76. The minimum Gasteiger partial charge on any atom is -0.494 e. The molecule has 11 nitrogen and oxygen atoms in total. The van der Waals surface area contributed by atoms with Crippen LogP contribution in [0.4, 0.5) is 0 Å². The zero-order chi connectivity index (χ0) is 32.0. The van der Waals surface area contributed by atoms with Crippen LogP contribution in [-0.4, -0.2) is 65.8 Å². The molecule has 1 amide bonds. The first kappa shape index (κ1) is 31.9. The summed E-state index contributed by atoms with van der Waals surface area (Å²) < 4.78 is 18.9. The molecule has 0 saturated heterocycles. The van der Waals surface area contributed by atoms with Gasteiger partial charge in [0.2, 0.25) is 5.91 Å². The van der Waals surface area contributed by atoms with Crippen molar-refractivity contribution in [3.05, 3.63) is 99.7 Å². The quantitative estimate of drug-likeness (QED) is 0.154. The Morgan fingerprint density at radius 1 is 1.05 bits per heavy atom. The van der Waals surface area contributed by atoms with Crippen molar-refractivity contribution in [3.63, 3.8) is 0 Å². The van der Waals surface area contributed by atoms with Crippen LogP contribution in [0.2, 0.25) is 0 Å². The van der Waals surface area contributed by atoms with Crippen molar-refractivity contribution < 1.29 is 19.0 Å². The molecule has 1 unspecified atom stereocenters. The third kappa shape index (κ3) is 7.11. The largest absolute Gasteiger partial charge is 0.494 e. The van der Waals surface area contributed by atoms with E-state index in [1.165, 1.54) is 4.68 Å². The lowest BCUT2D eigenvalue weighted by Crippen LogP contribution is -2.40. The van der Waals surface area contributed by atoms with Gasteiger partial charge in [-0.2, -0.15) is 4.68 Å². The molecule has 1 atom stereocenters. The number of nitrogens with one attached hydrogen (secondary N) is 2. The number of rotatable bonds is 13. The van der Waals surface area contributed by atoms with Gasteiger partial charge in [0, 0.05) is 25.6 Å². The minimum absolute atomic E-state index is 0.0135. The first-order chi connectivity index (χ1) is 20.9. The molecule has 11 heteroatoms. The molecule has 4 N–H and O–H groups in total. The van der Waals surface area contributed by atoms with Gasteiger partial charge < -0.3 is 24.8 Å². The third-order valence-corrected chi connectivity index (χ3v) is 7.23. The molecule has 44 heavy (non-hydrogen) atoms. The molecule has 4 aromatic rings. The highest BCUT2D eigenvalue weighted by atomic mass is 16.5. The Bertz CT molecular complexity index is 1670. The van der Waals surface area contributed by atoms with Crippen molar-refractivity contribution in [2.24, 2.45) is 11.1 Å². The Morgan fingerprint density at radius 3 is 2.39 bits per heavy atom. The van der Waals surface area contributed by atoms with Crippen LogP contribution in [0.25, 0.3) is 5.69 Å². The zero-order valence-corrected chi connectivity index (χ0v) is 26.0. The average Bonchev–Trinajstić information content (AvgIpc) is 3.39. The number of benzene rings is 3. The highest BCUT2D eigenvalue weighted by Gasteiger charge is 2.31. The maximum absolute atomic E-state index is 13.2. The van der Waals surface area contributed by atoms with Crippen LogP contribution < -0.4 is 25.6 Å². The number of nitrogens with zero attached hydrogens (tertiary/aromatic N) is 3. The number of carbonyl (C=O) groups excluding carboxylic acids is 1. The van der Waals surface area contributed by atoms with Crippen LogP contribution in [0.1, 0.15) is 49.2 Å². The maximum Gasteiger partial charge on any atom is 0.348 e. The van der Waals surface area contributed by atoms with Gasteiger partial charge in [0.1, 0.15) is 29.7 Å². The number of amidine groups is 1. The number of aromatic nitrogens is 3. The second kappa shape index (κ2) is 13.5. The van der Waals surface area contributed by atoms with Crippen LogP contribution in [0.3, 0.4) is 0 Å². The lowest BCUT2D eigenvalue weighted by atomic mass is 9.90. The van der Waals surface area contributed by atoms with Gasteiger partial charge in [-0.1, -0.05) is 42.5 Å². The topological polar surface area (TPSA) is 149 Å². The minimum atomic E-state index is -0.745. The van der Waals surface area contributed by atoms with Crippen molar-refractivity contribution in [1.82, 2.24) is 19.7 Å². The molecule has 0 spiro atoms. The highest BCUT2D eigenvalue weighted by molar-refractivity contribution is 5.94. The number of hydrogen-bond donors (Lipinski definition) is 3. The Morgan fingerprint density at radius 2 is 1.75 bits per heavy atom. The number of H-pyrrole nitrogens is 1. The summed E-state index contributed by atoms with van der Waals surface area (Å²) in [5.41, 5.74) is 7.44. The van der Waals surface area contributed by atoms with E-state index in [0.29, 0.717) is 47.4 Å². The van der Waals surface area contributed by atoms with Gasteiger partial charge >= 0.3 is 5.69 Å². The van der Waals surface area contributed by atoms with Crippen LogP contribution >= 0.6 is 0 Å². The Kier molecular flexibility index (Phi) is 9.77. The summed E-state index contributed by atoms with van der Waals surface area (Å²) in [5, 5.41) is 12.4. The number of aromatic amines is 1. The van der Waals surface area contributed by atoms with E-state index in [1.807, 2.05) is 63.2 Å². The molecule has 1 heterocycles. The number of nitrogen functional groups attached to an aromatic ring is 1. The molecule has 0 radical (unpaired) electrons. The average molecular weight is 601 g/mol. The second-order valence-corrected chi connectivity index (χ2v) is 11.3. The van der Waals surface area contributed by atoms with E-state index in [9.17, 15) is 9.59 Å². The van der Waals surface area contributed by atoms with Gasteiger partial charge in [-0.25, -0.2) is 4.79 Å². The summed E-state index contributed by atoms with van der Waals surface area (Å²) in [6.07, 6.45) is 0.479. The summed E-state index contributed by atoms with van der Waals surface area (Å²) in [7, 11) is 4.98. The third-order valence-electron chi connectivity index (χ3n) is 7.23. The van der Waals surface area contributed by atoms with Crippen molar-refractivity contribution >= 4 is 11.7 Å². The Hall–Kier alpha value is -5.06. The fourth-order valence-electron chi connectivity index (χ4n) is 4.95. The van der Waals surface area contributed by atoms with Crippen molar-refractivity contribution in [1.29, 1.82) is 5.41 Å². The molecule has 0 saturated carbocycles. The normalized spacial score (nSPS) is 12.0. The van der Waals surface area contributed by atoms with E-state index in [-0.39, 0.29) is 24.3 Å². The van der Waals surface area contributed by atoms with Crippen molar-refractivity contribution in [2.45, 2.75) is 33.1 Å². The van der Waals surface area contributed by atoms with E-state index in [1.54, 1.807) is 50.4 Å². The first-order valence-corrected chi connectivity index (χ1v) is 14.3. The molecule has 0 aliphatic rings. The summed E-state index contributed by atoms with van der Waals surface area (Å²) >= 11 is 0. The van der Waals surface area contributed by atoms with Gasteiger partial charge in [-0.15, -0.1) is 5.10 Å². The standard InChI is InChI=1S/C33H40N6O5/c1-7-43-28-19-23(16-17-27(28)44-20-33(2,3)31(40)38(4)5)24(18-21-12-14-22(15-13-21)29(34)35)30-36-32(41)39(37-30)25-10-8-9-11-26(25)42-6/h8-17,19,24H,7,18,20H2,1-6H3,(H3,34,35)(H,36,37,41). The van der Waals surface area contributed by atoms with E-state index in [4.69, 9.17) is 30.5 Å². The van der Waals surface area contributed by atoms with Crippen LogP contribution in [0.5, 0.6) is 17.2 Å². The number of ether oxygens (including phenoxy) is 3. The van der Waals surface area contributed by atoms with Gasteiger partial charge in [0.25, 0.3) is 0 Å². The summed E-state index contributed by atoms with van der Waals surface area (Å²) in [6, 6.07) is 20.2. The first-order valence-electron chi connectivity index (χ1n) is 14.3. The summed E-state index contributed by atoms with van der Waals surface area (Å²) in [6.45, 7) is 6.12. The SMILES string of the molecule is CCOc1cc(C(Cc2ccc(C(=N)N)cc2)c2nn(-c3ccccc3OC)c(=O)[nH]2)ccc1OCC(C)(C)C(=O)N(C)C. The number of para-hydroxylation sites is 2. The molecule has 232 valence electrons. The molecule has 0 aliphatic carbocycles. The zero-order valence-electron chi connectivity index (χ0n) is 26.0. The molecule has 0 aliphatic heterocycles. The lowest BCUT2D eigenvalue weighted by Gasteiger charge is -2.27. The molecular weight excluding hydrogens is 560 g/mol. The Labute approximate surface area is 257 Å². The van der Waals surface area contributed by atoms with Gasteiger partial charge in [0.15, 0.2) is 11.5 Å². The van der Waals surface area contributed by atoms with Gasteiger partial charge in [0.05, 0.1) is 19.1 Å². The van der Waals surface area contributed by atoms with E-state index >= 15 is 0 Å². The van der Waals surface area contributed by atoms with Crippen molar-refractivity contribution in [3.8, 4) is 22.9 Å². The number of carbonyl (C=O) groups is 1. The molecule has 0 fully saturated rings. The maximum atomic E-state index is 13.2. The summed E-state index contributed by atoms with van der Waals surface area (Å²) in [5.74, 6) is 1.54. The number of amides is 1. The van der Waals surface area contributed by atoms with Gasteiger partial charge in [-0.3, -0.25) is 15.2 Å². The monoisotopic (exact) mass is 600 g/mol. The van der Waals surface area contributed by atoms with Crippen LogP contribution in [0.15, 0.2) is 71.5 Å². The van der Waals surface area contributed by atoms with Gasteiger partial charge in [-0.05, 0) is 62.6 Å². The summed E-state index contributed by atoms with van der Waals surface area (Å²) in [4.78, 5) is 30.3. The number of methoxy groups -OCH3 is 1. The molecular formula is C33H40N6O5. The van der Waals surface area contributed by atoms with Crippen LogP contribution in [0, 0.1) is 10.8 Å². The second-order valence-electron chi connectivity index (χ2n) is 11.3. The molecule has 4 rings (SSSR count). The number of nitrogens with two attached hydrogens (primary N) is 1. The predicted molar refractivity (Wildman–Crippen MR) is 169 cm³/mol. The van der Waals surface area contributed by atoms with E-state index < -0.39 is 11.1 Å². The molecule has 0 bridgehead atoms. The van der Waals surface area contributed by atoms with E-state index in [0.717, 1.165) is 11.1 Å². The van der Waals surface area contributed by atoms with Crippen molar-refractivity contribution in [2.75, 3.05) is 34.4 Å². The molecule has 3 aromatic carbocycles. The number of hydrogen-bond acceptors (Lipinski definition) is 7. The highest BCUT2D eigenvalue weighted by Crippen LogP contribution is 2.36. The fraction of sp³-hybridized carbons (Fsp3) is 0.333.